The molecule has 6 heteroatoms. The van der Waals surface area contributed by atoms with Gasteiger partial charge in [0.25, 0.3) is 0 Å². The maximum Gasteiger partial charge on any atom is 0.233 e. The summed E-state index contributed by atoms with van der Waals surface area (Å²) in [5, 5.41) is 3.02. The molecule has 116 valence electrons. The molecule has 1 amide bonds. The highest BCUT2D eigenvalue weighted by Crippen LogP contribution is 2.16. The van der Waals surface area contributed by atoms with Crippen LogP contribution >= 0.6 is 23.1 Å². The maximum atomic E-state index is 12.3. The molecule has 1 saturated heterocycles. The minimum absolute atomic E-state index is 0.214. The van der Waals surface area contributed by atoms with Gasteiger partial charge in [-0.15, -0.1) is 11.3 Å². The average Bonchev–Trinajstić information content (AvgIpc) is 3.07. The lowest BCUT2D eigenvalue weighted by Gasteiger charge is -2.34. The zero-order chi connectivity index (χ0) is 15.2. The molecule has 2 aromatic rings. The Kier molecular flexibility index (Phi) is 5.48. The minimum Gasteiger partial charge on any atom is -0.339 e. The largest absolute Gasteiger partial charge is 0.339 e. The molecule has 1 fully saturated rings. The molecule has 4 nitrogen and oxygen atoms in total. The Bertz CT molecular complexity index is 581. The van der Waals surface area contributed by atoms with Gasteiger partial charge in [-0.3, -0.25) is 9.69 Å². The second kappa shape index (κ2) is 7.76. The highest BCUT2D eigenvalue weighted by molar-refractivity contribution is 7.99. The van der Waals surface area contributed by atoms with Crippen LogP contribution in [0.15, 0.2) is 46.9 Å². The van der Waals surface area contributed by atoms with Crippen molar-refractivity contribution in [2.24, 2.45) is 0 Å². The SMILES string of the molecule is O=C(CSc1ccccn1)N1CCN(Cc2cccs2)CC1. The third-order valence-electron chi connectivity index (χ3n) is 3.67. The van der Waals surface area contributed by atoms with Gasteiger partial charge in [-0.25, -0.2) is 4.98 Å². The number of nitrogens with zero attached hydrogens (tertiary/aromatic N) is 3. The van der Waals surface area contributed by atoms with Crippen molar-refractivity contribution in [1.82, 2.24) is 14.8 Å². The van der Waals surface area contributed by atoms with Crippen molar-refractivity contribution in [1.29, 1.82) is 0 Å². The Hall–Kier alpha value is -1.37. The van der Waals surface area contributed by atoms with E-state index in [4.69, 9.17) is 0 Å². The highest BCUT2D eigenvalue weighted by Gasteiger charge is 2.21. The van der Waals surface area contributed by atoms with Crippen LogP contribution in [-0.4, -0.2) is 52.6 Å². The predicted octanol–water partition coefficient (Wildman–Crippen LogP) is 2.58. The van der Waals surface area contributed by atoms with Crippen molar-refractivity contribution in [2.75, 3.05) is 31.9 Å². The van der Waals surface area contributed by atoms with E-state index in [2.05, 4.69) is 27.4 Å². The van der Waals surface area contributed by atoms with Crippen LogP contribution in [0.1, 0.15) is 4.88 Å². The molecule has 0 bridgehead atoms. The summed E-state index contributed by atoms with van der Waals surface area (Å²) in [7, 11) is 0. The van der Waals surface area contributed by atoms with E-state index < -0.39 is 0 Å². The number of thioether (sulfide) groups is 1. The Morgan fingerprint density at radius 3 is 2.73 bits per heavy atom. The topological polar surface area (TPSA) is 36.4 Å². The van der Waals surface area contributed by atoms with Crippen LogP contribution in [0.4, 0.5) is 0 Å². The quantitative estimate of drug-likeness (QED) is 0.788. The predicted molar refractivity (Wildman–Crippen MR) is 91.1 cm³/mol. The average molecular weight is 333 g/mol. The summed E-state index contributed by atoms with van der Waals surface area (Å²) < 4.78 is 0. The minimum atomic E-state index is 0.214. The molecule has 0 aliphatic carbocycles. The van der Waals surface area contributed by atoms with Crippen LogP contribution in [0.5, 0.6) is 0 Å². The summed E-state index contributed by atoms with van der Waals surface area (Å²) in [6.07, 6.45) is 1.76. The third-order valence-corrected chi connectivity index (χ3v) is 5.46. The van der Waals surface area contributed by atoms with Gasteiger partial charge in [-0.05, 0) is 23.6 Å². The summed E-state index contributed by atoms with van der Waals surface area (Å²) in [6.45, 7) is 4.57. The maximum absolute atomic E-state index is 12.3. The van der Waals surface area contributed by atoms with Crippen molar-refractivity contribution in [3.63, 3.8) is 0 Å². The smallest absolute Gasteiger partial charge is 0.233 e. The van der Waals surface area contributed by atoms with E-state index in [-0.39, 0.29) is 5.91 Å². The number of rotatable bonds is 5. The number of pyridine rings is 1. The summed E-state index contributed by atoms with van der Waals surface area (Å²) in [5.74, 6) is 0.688. The second-order valence-corrected chi connectivity index (χ2v) is 7.22. The first kappa shape index (κ1) is 15.5. The Labute approximate surface area is 139 Å². The molecule has 0 radical (unpaired) electrons. The van der Waals surface area contributed by atoms with Gasteiger partial charge in [0.1, 0.15) is 0 Å². The zero-order valence-electron chi connectivity index (χ0n) is 12.4. The van der Waals surface area contributed by atoms with Crippen molar-refractivity contribution >= 4 is 29.0 Å². The number of hydrogen-bond acceptors (Lipinski definition) is 5. The molecular formula is C16H19N3OS2. The van der Waals surface area contributed by atoms with Gasteiger partial charge < -0.3 is 4.90 Å². The molecule has 0 spiro atoms. The Morgan fingerprint density at radius 1 is 1.18 bits per heavy atom. The Morgan fingerprint density at radius 2 is 2.05 bits per heavy atom. The van der Waals surface area contributed by atoms with Gasteiger partial charge in [0, 0.05) is 43.8 Å². The Balaban J connectivity index is 1.42. The molecule has 3 heterocycles. The first-order chi connectivity index (χ1) is 10.8. The van der Waals surface area contributed by atoms with E-state index in [1.54, 1.807) is 17.5 Å². The molecule has 0 saturated carbocycles. The van der Waals surface area contributed by atoms with Gasteiger partial charge in [0.05, 0.1) is 10.8 Å². The lowest BCUT2D eigenvalue weighted by Crippen LogP contribution is -2.48. The van der Waals surface area contributed by atoms with Crippen LogP contribution in [0.25, 0.3) is 0 Å². The monoisotopic (exact) mass is 333 g/mol. The van der Waals surface area contributed by atoms with Crippen molar-refractivity contribution in [3.05, 3.63) is 46.8 Å². The number of piperazine rings is 1. The van der Waals surface area contributed by atoms with Gasteiger partial charge in [0.15, 0.2) is 0 Å². The molecule has 0 N–H and O–H groups in total. The van der Waals surface area contributed by atoms with Crippen LogP contribution in [0, 0.1) is 0 Å². The zero-order valence-corrected chi connectivity index (χ0v) is 14.0. The lowest BCUT2D eigenvalue weighted by molar-refractivity contribution is -0.130. The third kappa shape index (κ3) is 4.32. The molecular weight excluding hydrogens is 314 g/mol. The van der Waals surface area contributed by atoms with E-state index in [0.717, 1.165) is 37.7 Å². The van der Waals surface area contributed by atoms with Crippen molar-refractivity contribution in [3.8, 4) is 0 Å². The first-order valence-corrected chi connectivity index (χ1v) is 9.24. The van der Waals surface area contributed by atoms with Gasteiger partial charge >= 0.3 is 0 Å². The fourth-order valence-electron chi connectivity index (χ4n) is 2.44. The number of hydrogen-bond donors (Lipinski definition) is 0. The molecule has 0 unspecified atom stereocenters. The lowest BCUT2D eigenvalue weighted by atomic mass is 10.3. The highest BCUT2D eigenvalue weighted by atomic mass is 32.2. The van der Waals surface area contributed by atoms with Crippen molar-refractivity contribution in [2.45, 2.75) is 11.6 Å². The normalized spacial score (nSPS) is 15.9. The number of aromatic nitrogens is 1. The number of carbonyl (C=O) groups excluding carboxylic acids is 1. The van der Waals surface area contributed by atoms with Gasteiger partial charge in [0.2, 0.25) is 5.91 Å². The van der Waals surface area contributed by atoms with E-state index >= 15 is 0 Å². The molecule has 0 atom stereocenters. The number of amides is 1. The molecule has 2 aromatic heterocycles. The summed E-state index contributed by atoms with van der Waals surface area (Å²) in [5.41, 5.74) is 0. The van der Waals surface area contributed by atoms with Crippen LogP contribution in [0.3, 0.4) is 0 Å². The van der Waals surface area contributed by atoms with Crippen LogP contribution < -0.4 is 0 Å². The second-order valence-electron chi connectivity index (χ2n) is 5.19. The van der Waals surface area contributed by atoms with Crippen LogP contribution in [0.2, 0.25) is 0 Å². The van der Waals surface area contributed by atoms with Crippen LogP contribution in [-0.2, 0) is 11.3 Å². The summed E-state index contributed by atoms with van der Waals surface area (Å²) in [4.78, 5) is 22.3. The van der Waals surface area contributed by atoms with E-state index in [1.807, 2.05) is 23.1 Å². The molecule has 0 aromatic carbocycles. The molecule has 1 aliphatic rings. The van der Waals surface area contributed by atoms with Crippen molar-refractivity contribution < 1.29 is 4.79 Å². The fourth-order valence-corrected chi connectivity index (χ4v) is 3.95. The fraction of sp³-hybridized carbons (Fsp3) is 0.375. The van der Waals surface area contributed by atoms with E-state index in [9.17, 15) is 4.79 Å². The summed E-state index contributed by atoms with van der Waals surface area (Å²) in [6, 6.07) is 10.0. The summed E-state index contributed by atoms with van der Waals surface area (Å²) >= 11 is 3.31. The van der Waals surface area contributed by atoms with E-state index in [1.165, 1.54) is 16.6 Å². The number of carbonyl (C=O) groups is 1. The van der Waals surface area contributed by atoms with Gasteiger partial charge in [-0.2, -0.15) is 0 Å². The molecule has 22 heavy (non-hydrogen) atoms. The molecule has 1 aliphatic heterocycles. The van der Waals surface area contributed by atoms with E-state index in [0.29, 0.717) is 5.75 Å². The molecule has 3 rings (SSSR count). The number of thiophene rings is 1. The van der Waals surface area contributed by atoms with Gasteiger partial charge in [-0.1, -0.05) is 23.9 Å². The standard InChI is InChI=1S/C16H19N3OS2/c20-16(13-22-15-5-1-2-6-17-15)19-9-7-18(8-10-19)12-14-4-3-11-21-14/h1-6,11H,7-10,12-13H2. The first-order valence-electron chi connectivity index (χ1n) is 7.37.